The molecule has 0 saturated heterocycles. The van der Waals surface area contributed by atoms with Crippen molar-refractivity contribution in [3.63, 3.8) is 0 Å². The highest BCUT2D eigenvalue weighted by Crippen LogP contribution is 2.25. The molecule has 0 atom stereocenters. The zero-order valence-corrected chi connectivity index (χ0v) is 16.5. The molecule has 0 fully saturated rings. The number of rotatable bonds is 10. The molecule has 0 aliphatic carbocycles. The van der Waals surface area contributed by atoms with Crippen LogP contribution in [0.1, 0.15) is 31.7 Å². The lowest BCUT2D eigenvalue weighted by Gasteiger charge is -2.24. The predicted octanol–water partition coefficient (Wildman–Crippen LogP) is 3.71. The van der Waals surface area contributed by atoms with E-state index in [1.54, 1.807) is 6.07 Å². The number of aliphatic hydroxyl groups excluding tert-OH is 2. The Hall–Kier alpha value is -1.66. The van der Waals surface area contributed by atoms with Crippen LogP contribution in [0.15, 0.2) is 42.5 Å². The van der Waals surface area contributed by atoms with Gasteiger partial charge in [-0.1, -0.05) is 37.6 Å². The second-order valence-electron chi connectivity index (χ2n) is 6.71. The molecule has 0 radical (unpaired) electrons. The third kappa shape index (κ3) is 6.78. The maximum atomic E-state index is 14.4. The van der Waals surface area contributed by atoms with Gasteiger partial charge in [-0.25, -0.2) is 4.39 Å². The van der Waals surface area contributed by atoms with E-state index in [-0.39, 0.29) is 31.4 Å². The van der Waals surface area contributed by atoms with E-state index in [0.717, 1.165) is 29.7 Å². The Labute approximate surface area is 166 Å². The van der Waals surface area contributed by atoms with Crippen LogP contribution in [0.25, 0.3) is 11.1 Å². The fraction of sp³-hybridized carbons (Fsp3) is 0.429. The number of benzene rings is 2. The van der Waals surface area contributed by atoms with Crippen molar-refractivity contribution in [3.8, 4) is 16.9 Å². The number of aliphatic hydroxyl groups is 2. The van der Waals surface area contributed by atoms with Crippen molar-refractivity contribution in [2.45, 2.75) is 38.1 Å². The Morgan fingerprint density at radius 1 is 1.04 bits per heavy atom. The van der Waals surface area contributed by atoms with Crippen molar-refractivity contribution in [3.05, 3.63) is 53.8 Å². The summed E-state index contributed by atoms with van der Waals surface area (Å²) >= 11 is 0. The minimum atomic E-state index is -1.08. The summed E-state index contributed by atoms with van der Waals surface area (Å²) in [5, 5.41) is 18.5. The smallest absolute Gasteiger partial charge is 0.127 e. The summed E-state index contributed by atoms with van der Waals surface area (Å²) in [6.45, 7) is 2.14. The van der Waals surface area contributed by atoms with Gasteiger partial charge in [0.15, 0.2) is 0 Å². The van der Waals surface area contributed by atoms with Gasteiger partial charge in [0.2, 0.25) is 0 Å². The van der Waals surface area contributed by atoms with Crippen molar-refractivity contribution < 1.29 is 19.3 Å². The third-order valence-electron chi connectivity index (χ3n) is 4.53. The second-order valence-corrected chi connectivity index (χ2v) is 6.71. The highest BCUT2D eigenvalue weighted by atomic mass is 35.5. The molecule has 0 unspecified atom stereocenters. The summed E-state index contributed by atoms with van der Waals surface area (Å²) in [6.07, 6.45) is 2.77. The van der Waals surface area contributed by atoms with Gasteiger partial charge in [0.05, 0.1) is 25.4 Å². The minimum Gasteiger partial charge on any atom is -0.494 e. The molecule has 2 aromatic carbocycles. The maximum Gasteiger partial charge on any atom is 0.127 e. The lowest BCUT2D eigenvalue weighted by atomic mass is 9.93. The van der Waals surface area contributed by atoms with E-state index in [4.69, 9.17) is 10.5 Å². The Morgan fingerprint density at radius 3 is 2.22 bits per heavy atom. The standard InChI is InChI=1S/C21H28FNO3.ClH/c1-2-3-12-26-19-8-6-16(7-9-19)18-5-4-17(20(22)13-18)10-11-21(23,14-24)15-25;/h4-9,13,24-25H,2-3,10-12,14-15,23H2,1H3;1H. The molecule has 0 amide bonds. The van der Waals surface area contributed by atoms with Crippen LogP contribution in [0.4, 0.5) is 4.39 Å². The molecule has 4 nitrogen and oxygen atoms in total. The van der Waals surface area contributed by atoms with E-state index < -0.39 is 5.54 Å². The first-order chi connectivity index (χ1) is 12.5. The zero-order valence-electron chi connectivity index (χ0n) is 15.7. The van der Waals surface area contributed by atoms with Gasteiger partial charge >= 0.3 is 0 Å². The molecule has 0 heterocycles. The molecule has 0 aromatic heterocycles. The van der Waals surface area contributed by atoms with Gasteiger partial charge in [0, 0.05) is 0 Å². The van der Waals surface area contributed by atoms with Gasteiger partial charge in [-0.15, -0.1) is 12.4 Å². The molecule has 2 aromatic rings. The lowest BCUT2D eigenvalue weighted by molar-refractivity contribution is 0.114. The first-order valence-corrected chi connectivity index (χ1v) is 9.03. The molecule has 4 N–H and O–H groups in total. The fourth-order valence-corrected chi connectivity index (χ4v) is 2.60. The first kappa shape index (κ1) is 23.4. The normalized spacial score (nSPS) is 11.1. The number of nitrogens with two attached hydrogens (primary N) is 1. The van der Waals surface area contributed by atoms with Crippen molar-refractivity contribution in [1.29, 1.82) is 0 Å². The molecule has 150 valence electrons. The molecule has 6 heteroatoms. The number of ether oxygens (including phenoxy) is 1. The Morgan fingerprint density at radius 2 is 1.67 bits per heavy atom. The van der Waals surface area contributed by atoms with E-state index in [2.05, 4.69) is 6.92 Å². The zero-order chi connectivity index (χ0) is 19.0. The van der Waals surface area contributed by atoms with Crippen LogP contribution in [0.2, 0.25) is 0 Å². The second kappa shape index (κ2) is 11.2. The van der Waals surface area contributed by atoms with E-state index in [9.17, 15) is 14.6 Å². The SMILES string of the molecule is CCCCOc1ccc(-c2ccc(CCC(N)(CO)CO)c(F)c2)cc1.Cl. The van der Waals surface area contributed by atoms with Crippen LogP contribution in [0.3, 0.4) is 0 Å². The third-order valence-corrected chi connectivity index (χ3v) is 4.53. The van der Waals surface area contributed by atoms with Crippen LogP contribution >= 0.6 is 12.4 Å². The van der Waals surface area contributed by atoms with E-state index in [1.807, 2.05) is 30.3 Å². The van der Waals surface area contributed by atoms with Gasteiger partial charge < -0.3 is 20.7 Å². The molecule has 0 bridgehead atoms. The Balaban J connectivity index is 0.00000364. The predicted molar refractivity (Wildman–Crippen MR) is 109 cm³/mol. The van der Waals surface area contributed by atoms with E-state index in [1.165, 1.54) is 6.07 Å². The molecule has 0 aliphatic rings. The molecule has 0 aliphatic heterocycles. The summed E-state index contributed by atoms with van der Waals surface area (Å²) < 4.78 is 20.1. The Kier molecular flexibility index (Phi) is 9.74. The molecular formula is C21H29ClFNO3. The monoisotopic (exact) mass is 397 g/mol. The van der Waals surface area contributed by atoms with Crippen LogP contribution in [0.5, 0.6) is 5.75 Å². The summed E-state index contributed by atoms with van der Waals surface area (Å²) in [6, 6.07) is 12.7. The molecule has 2 rings (SSSR count). The fourth-order valence-electron chi connectivity index (χ4n) is 2.60. The first-order valence-electron chi connectivity index (χ1n) is 9.03. The quantitative estimate of drug-likeness (QED) is 0.534. The summed E-state index contributed by atoms with van der Waals surface area (Å²) in [4.78, 5) is 0. The van der Waals surface area contributed by atoms with Gasteiger partial charge in [0.1, 0.15) is 11.6 Å². The van der Waals surface area contributed by atoms with Crippen LogP contribution in [0, 0.1) is 5.82 Å². The van der Waals surface area contributed by atoms with Gasteiger partial charge in [0.25, 0.3) is 0 Å². The maximum absolute atomic E-state index is 14.4. The topological polar surface area (TPSA) is 75.7 Å². The summed E-state index contributed by atoms with van der Waals surface area (Å²) in [5.74, 6) is 0.496. The number of hydrogen-bond donors (Lipinski definition) is 3. The molecule has 27 heavy (non-hydrogen) atoms. The molecule has 0 spiro atoms. The van der Waals surface area contributed by atoms with Crippen molar-refractivity contribution in [2.75, 3.05) is 19.8 Å². The summed E-state index contributed by atoms with van der Waals surface area (Å²) in [7, 11) is 0. The van der Waals surface area contributed by atoms with Gasteiger partial charge in [-0.3, -0.25) is 0 Å². The van der Waals surface area contributed by atoms with Gasteiger partial charge in [-0.05, 0) is 54.2 Å². The van der Waals surface area contributed by atoms with E-state index >= 15 is 0 Å². The number of hydrogen-bond acceptors (Lipinski definition) is 4. The molecular weight excluding hydrogens is 369 g/mol. The highest BCUT2D eigenvalue weighted by Gasteiger charge is 2.23. The molecule has 0 saturated carbocycles. The average Bonchev–Trinajstić information content (AvgIpc) is 2.67. The summed E-state index contributed by atoms with van der Waals surface area (Å²) in [5.41, 5.74) is 6.97. The number of halogens is 2. The highest BCUT2D eigenvalue weighted by molar-refractivity contribution is 5.85. The lowest BCUT2D eigenvalue weighted by Crippen LogP contribution is -2.47. The van der Waals surface area contributed by atoms with E-state index in [0.29, 0.717) is 25.0 Å². The van der Waals surface area contributed by atoms with Gasteiger partial charge in [-0.2, -0.15) is 0 Å². The largest absolute Gasteiger partial charge is 0.494 e. The van der Waals surface area contributed by atoms with Crippen LogP contribution in [-0.4, -0.2) is 35.6 Å². The van der Waals surface area contributed by atoms with Crippen molar-refractivity contribution in [2.24, 2.45) is 5.73 Å². The minimum absolute atomic E-state index is 0. The number of aryl methyl sites for hydroxylation is 1. The van der Waals surface area contributed by atoms with Crippen LogP contribution < -0.4 is 10.5 Å². The van der Waals surface area contributed by atoms with Crippen molar-refractivity contribution in [1.82, 2.24) is 0 Å². The van der Waals surface area contributed by atoms with Crippen LogP contribution in [-0.2, 0) is 6.42 Å². The average molecular weight is 398 g/mol. The number of unbranched alkanes of at least 4 members (excludes halogenated alkanes) is 1. The Bertz CT molecular complexity index is 690. The van der Waals surface area contributed by atoms with Crippen molar-refractivity contribution >= 4 is 12.4 Å².